The molecule has 1 aliphatic heterocycles. The van der Waals surface area contributed by atoms with Crippen LogP contribution in [-0.4, -0.2) is 50.1 Å². The molecule has 3 rings (SSSR count). The molecule has 0 aliphatic carbocycles. The molecule has 0 atom stereocenters. The summed E-state index contributed by atoms with van der Waals surface area (Å²) in [5, 5.41) is 5.13. The summed E-state index contributed by atoms with van der Waals surface area (Å²) in [7, 11) is 0. The quantitative estimate of drug-likeness (QED) is 0.476. The van der Waals surface area contributed by atoms with E-state index in [9.17, 15) is 4.79 Å². The molecule has 30 heavy (non-hydrogen) atoms. The van der Waals surface area contributed by atoms with Gasteiger partial charge in [-0.3, -0.25) is 4.79 Å². The van der Waals surface area contributed by atoms with Crippen LogP contribution >= 0.6 is 34.8 Å². The number of amides is 1. The van der Waals surface area contributed by atoms with Crippen LogP contribution in [0, 0.1) is 0 Å². The van der Waals surface area contributed by atoms with Crippen molar-refractivity contribution in [3.63, 3.8) is 0 Å². The number of nitrogens with one attached hydrogen (secondary N) is 1. The van der Waals surface area contributed by atoms with Crippen molar-refractivity contribution in [1.29, 1.82) is 0 Å². The summed E-state index contributed by atoms with van der Waals surface area (Å²) < 4.78 is 0. The first-order chi connectivity index (χ1) is 14.5. The minimum Gasteiger partial charge on any atom is -0.368 e. The number of nitrogens with zero attached hydrogens (tertiary/aromatic N) is 2. The van der Waals surface area contributed by atoms with Crippen molar-refractivity contribution in [2.45, 2.75) is 6.54 Å². The van der Waals surface area contributed by atoms with E-state index in [1.54, 1.807) is 30.4 Å². The molecule has 160 valence electrons. The maximum atomic E-state index is 12.6. The molecule has 0 bridgehead atoms. The fraction of sp³-hybridized carbons (Fsp3) is 0.318. The Labute approximate surface area is 192 Å². The van der Waals surface area contributed by atoms with E-state index in [0.29, 0.717) is 41.2 Å². The maximum absolute atomic E-state index is 12.6. The molecule has 1 fully saturated rings. The summed E-state index contributed by atoms with van der Waals surface area (Å²) in [6.45, 7) is 4.85. The van der Waals surface area contributed by atoms with Gasteiger partial charge in [-0.05, 0) is 47.5 Å². The third-order valence-electron chi connectivity index (χ3n) is 4.98. The Morgan fingerprint density at radius 1 is 1.03 bits per heavy atom. The first kappa shape index (κ1) is 22.9. The van der Waals surface area contributed by atoms with Gasteiger partial charge in [0.2, 0.25) is 5.91 Å². The number of hydrogen-bond acceptors (Lipinski definition) is 4. The molecule has 0 unspecified atom stereocenters. The topological polar surface area (TPSA) is 61.6 Å². The van der Waals surface area contributed by atoms with E-state index in [1.165, 1.54) is 0 Å². The number of hydrogen-bond donors (Lipinski definition) is 2. The molecule has 0 aromatic heterocycles. The molecule has 0 radical (unpaired) electrons. The fourth-order valence-corrected chi connectivity index (χ4v) is 4.07. The first-order valence-corrected chi connectivity index (χ1v) is 11.0. The largest absolute Gasteiger partial charge is 0.368 e. The van der Waals surface area contributed by atoms with Crippen LogP contribution in [0.3, 0.4) is 0 Å². The lowest BCUT2D eigenvalue weighted by Crippen LogP contribution is -2.48. The molecule has 1 saturated heterocycles. The second kappa shape index (κ2) is 11.0. The zero-order chi connectivity index (χ0) is 21.5. The lowest BCUT2D eigenvalue weighted by molar-refractivity contribution is -0.126. The van der Waals surface area contributed by atoms with Gasteiger partial charge in [-0.25, -0.2) is 0 Å². The van der Waals surface area contributed by atoms with Crippen molar-refractivity contribution in [3.8, 4) is 0 Å². The van der Waals surface area contributed by atoms with Crippen LogP contribution < -0.4 is 16.0 Å². The van der Waals surface area contributed by atoms with Gasteiger partial charge in [0.05, 0.1) is 0 Å². The van der Waals surface area contributed by atoms with Crippen LogP contribution in [0.1, 0.15) is 11.1 Å². The number of benzene rings is 2. The van der Waals surface area contributed by atoms with Gasteiger partial charge in [-0.15, -0.1) is 0 Å². The summed E-state index contributed by atoms with van der Waals surface area (Å²) in [5.74, 6) is -0.0263. The third-order valence-corrected chi connectivity index (χ3v) is 5.78. The fourth-order valence-electron chi connectivity index (χ4n) is 3.40. The van der Waals surface area contributed by atoms with Crippen LogP contribution in [0.15, 0.2) is 42.5 Å². The number of anilines is 1. The van der Waals surface area contributed by atoms with Crippen LogP contribution in [-0.2, 0) is 11.3 Å². The van der Waals surface area contributed by atoms with Gasteiger partial charge < -0.3 is 20.9 Å². The maximum Gasteiger partial charge on any atom is 0.246 e. The van der Waals surface area contributed by atoms with Crippen molar-refractivity contribution in [3.05, 3.63) is 68.7 Å². The van der Waals surface area contributed by atoms with Gasteiger partial charge in [0.25, 0.3) is 0 Å². The Bertz CT molecular complexity index is 911. The highest BCUT2D eigenvalue weighted by Gasteiger charge is 2.21. The molecule has 2 aromatic carbocycles. The van der Waals surface area contributed by atoms with Gasteiger partial charge in [-0.1, -0.05) is 40.9 Å². The number of carbonyl (C=O) groups is 1. The predicted octanol–water partition coefficient (Wildman–Crippen LogP) is 4.06. The average Bonchev–Trinajstić information content (AvgIpc) is 2.73. The van der Waals surface area contributed by atoms with Crippen LogP contribution in [0.5, 0.6) is 0 Å². The molecule has 1 amide bonds. The Morgan fingerprint density at radius 2 is 1.73 bits per heavy atom. The van der Waals surface area contributed by atoms with Crippen LogP contribution in [0.4, 0.5) is 5.69 Å². The Balaban J connectivity index is 1.60. The summed E-state index contributed by atoms with van der Waals surface area (Å²) in [6.07, 6.45) is 3.29. The lowest BCUT2D eigenvalue weighted by atomic mass is 10.1. The molecule has 8 heteroatoms. The first-order valence-electron chi connectivity index (χ1n) is 9.84. The summed E-state index contributed by atoms with van der Waals surface area (Å²) in [6, 6.07) is 11.1. The van der Waals surface area contributed by atoms with Gasteiger partial charge >= 0.3 is 0 Å². The predicted molar refractivity (Wildman–Crippen MR) is 127 cm³/mol. The lowest BCUT2D eigenvalue weighted by Gasteiger charge is -2.36. The average molecular weight is 468 g/mol. The number of nitrogens with two attached hydrogens (primary N) is 1. The van der Waals surface area contributed by atoms with Gasteiger partial charge in [-0.2, -0.15) is 0 Å². The number of halogens is 3. The Kier molecular flexibility index (Phi) is 8.42. The molecular formula is C22H25Cl3N4O. The minimum atomic E-state index is -0.0263. The molecule has 0 spiro atoms. The van der Waals surface area contributed by atoms with E-state index in [4.69, 9.17) is 40.5 Å². The smallest absolute Gasteiger partial charge is 0.246 e. The van der Waals surface area contributed by atoms with E-state index in [1.807, 2.05) is 23.1 Å². The molecule has 2 aromatic rings. The van der Waals surface area contributed by atoms with Crippen molar-refractivity contribution < 1.29 is 4.79 Å². The highest BCUT2D eigenvalue weighted by molar-refractivity contribution is 6.35. The standard InChI is InChI=1S/C22H25Cl3N4O/c23-18-4-5-21(17(13-18)15-27-8-7-26)28-9-11-29(12-10-28)22(30)6-2-16-1-3-19(24)14-20(16)25/h1-6,13-14,27H,7-12,15,26H2. The highest BCUT2D eigenvalue weighted by atomic mass is 35.5. The number of piperazine rings is 1. The van der Waals surface area contributed by atoms with Crippen LogP contribution in [0.2, 0.25) is 15.1 Å². The minimum absolute atomic E-state index is 0.0263. The SMILES string of the molecule is NCCNCc1cc(Cl)ccc1N1CCN(C(=O)C=Cc2ccc(Cl)cc2Cl)CC1. The van der Waals surface area contributed by atoms with Crippen molar-refractivity contribution in [2.75, 3.05) is 44.2 Å². The molecule has 1 heterocycles. The molecular weight excluding hydrogens is 443 g/mol. The van der Waals surface area contributed by atoms with E-state index in [0.717, 1.165) is 36.4 Å². The van der Waals surface area contributed by atoms with Crippen LogP contribution in [0.25, 0.3) is 6.08 Å². The highest BCUT2D eigenvalue weighted by Crippen LogP contribution is 2.26. The summed E-state index contributed by atoms with van der Waals surface area (Å²) in [5.41, 5.74) is 8.61. The zero-order valence-electron chi connectivity index (χ0n) is 16.6. The molecule has 5 nitrogen and oxygen atoms in total. The molecule has 0 saturated carbocycles. The third kappa shape index (κ3) is 6.13. The Hall–Kier alpha value is -1.76. The second-order valence-corrected chi connectivity index (χ2v) is 8.33. The van der Waals surface area contributed by atoms with Crippen molar-refractivity contribution in [2.24, 2.45) is 5.73 Å². The van der Waals surface area contributed by atoms with Gasteiger partial charge in [0.1, 0.15) is 0 Å². The van der Waals surface area contributed by atoms with E-state index in [-0.39, 0.29) is 5.91 Å². The second-order valence-electron chi connectivity index (χ2n) is 7.05. The zero-order valence-corrected chi connectivity index (χ0v) is 18.9. The van der Waals surface area contributed by atoms with Crippen molar-refractivity contribution >= 4 is 52.5 Å². The number of rotatable bonds is 7. The monoisotopic (exact) mass is 466 g/mol. The normalized spacial score (nSPS) is 14.5. The Morgan fingerprint density at radius 3 is 2.43 bits per heavy atom. The molecule has 1 aliphatic rings. The van der Waals surface area contributed by atoms with E-state index >= 15 is 0 Å². The van der Waals surface area contributed by atoms with E-state index in [2.05, 4.69) is 10.2 Å². The van der Waals surface area contributed by atoms with Gasteiger partial charge in [0.15, 0.2) is 0 Å². The van der Waals surface area contributed by atoms with Crippen molar-refractivity contribution in [1.82, 2.24) is 10.2 Å². The summed E-state index contributed by atoms with van der Waals surface area (Å²) >= 11 is 18.3. The summed E-state index contributed by atoms with van der Waals surface area (Å²) in [4.78, 5) is 16.7. The van der Waals surface area contributed by atoms with Gasteiger partial charge in [0, 0.05) is 72.6 Å². The molecule has 3 N–H and O–H groups in total. The number of carbonyl (C=O) groups excluding carboxylic acids is 1. The van der Waals surface area contributed by atoms with E-state index < -0.39 is 0 Å².